The number of thioether (sulfide) groups is 1. The van der Waals surface area contributed by atoms with E-state index in [0.29, 0.717) is 5.92 Å². The van der Waals surface area contributed by atoms with Crippen molar-refractivity contribution in [1.82, 2.24) is 16.0 Å². The summed E-state index contributed by atoms with van der Waals surface area (Å²) >= 11 is 7.64. The Balaban J connectivity index is 1.07. The van der Waals surface area contributed by atoms with Crippen LogP contribution in [0, 0.1) is 11.7 Å². The Kier molecular flexibility index (Phi) is 8.00. The van der Waals surface area contributed by atoms with Crippen LogP contribution in [-0.4, -0.2) is 46.2 Å². The Morgan fingerprint density at radius 2 is 1.73 bits per heavy atom. The van der Waals surface area contributed by atoms with E-state index in [1.165, 1.54) is 69.6 Å². The third-order valence-electron chi connectivity index (χ3n) is 8.87. The molecule has 3 N–H and O–H groups in total. The number of hydrogen-bond acceptors (Lipinski definition) is 5. The number of hydrogen-bond donors (Lipinski definition) is 3. The highest BCUT2D eigenvalue weighted by atomic mass is 35.5. The Morgan fingerprint density at radius 1 is 1.08 bits per heavy atom. The fourth-order valence-electron chi connectivity index (χ4n) is 7.03. The fourth-order valence-corrected chi connectivity index (χ4v) is 8.75. The molecule has 204 valence electrons. The van der Waals surface area contributed by atoms with Gasteiger partial charge in [0.1, 0.15) is 11.6 Å². The average Bonchev–Trinajstić information content (AvgIpc) is 3.33. The lowest BCUT2D eigenvalue weighted by Crippen LogP contribution is -2.84. The van der Waals surface area contributed by atoms with Crippen molar-refractivity contribution < 1.29 is 18.7 Å². The van der Waals surface area contributed by atoms with Crippen molar-refractivity contribution in [1.29, 1.82) is 0 Å². The molecule has 1 aromatic rings. The molecule has 0 aromatic heterocycles. The van der Waals surface area contributed by atoms with E-state index in [1.54, 1.807) is 0 Å². The summed E-state index contributed by atoms with van der Waals surface area (Å²) in [5, 5.41) is 10.2. The summed E-state index contributed by atoms with van der Waals surface area (Å²) in [4.78, 5) is 25.7. The third kappa shape index (κ3) is 5.76. The van der Waals surface area contributed by atoms with Gasteiger partial charge in [0.05, 0.1) is 15.9 Å². The molecule has 4 saturated carbocycles. The lowest BCUT2D eigenvalue weighted by Gasteiger charge is -2.70. The van der Waals surface area contributed by atoms with Crippen LogP contribution in [0.5, 0.6) is 5.75 Å². The molecule has 5 aliphatic rings. The minimum Gasteiger partial charge on any atom is -0.484 e. The maximum absolute atomic E-state index is 13.6. The van der Waals surface area contributed by atoms with E-state index in [1.807, 2.05) is 11.8 Å². The summed E-state index contributed by atoms with van der Waals surface area (Å²) in [5.41, 5.74) is -0.464. The molecular weight excluding hydrogens is 513 g/mol. The molecule has 2 bridgehead atoms. The summed E-state index contributed by atoms with van der Waals surface area (Å²) in [6, 6.07) is 3.94. The largest absolute Gasteiger partial charge is 0.484 e. The van der Waals surface area contributed by atoms with Crippen LogP contribution in [0.4, 0.5) is 4.39 Å². The smallest absolute Gasteiger partial charge is 0.258 e. The van der Waals surface area contributed by atoms with Crippen molar-refractivity contribution in [3.8, 4) is 5.75 Å². The van der Waals surface area contributed by atoms with Gasteiger partial charge in [0.2, 0.25) is 5.91 Å². The molecule has 9 heteroatoms. The van der Waals surface area contributed by atoms with Crippen LogP contribution in [0.2, 0.25) is 5.02 Å². The monoisotopic (exact) mass is 551 g/mol. The minimum absolute atomic E-state index is 0.00791. The fraction of sp³-hybridized carbons (Fsp3) is 0.714. The van der Waals surface area contributed by atoms with Crippen LogP contribution >= 0.6 is 23.4 Å². The summed E-state index contributed by atoms with van der Waals surface area (Å²) in [6.45, 7) is 2.07. The molecule has 6 rings (SSSR count). The SMILES string of the molecule is CCC1(C2CCCCCCCC2)NC(C(=O)NC23CC(NC(=O)COc4ccc(Cl)c(F)c4)(C2)C3)CS1. The second-order valence-corrected chi connectivity index (χ2v) is 13.4. The van der Waals surface area contributed by atoms with Gasteiger partial charge in [0.25, 0.3) is 5.91 Å². The van der Waals surface area contributed by atoms with Crippen molar-refractivity contribution in [3.05, 3.63) is 29.0 Å². The van der Waals surface area contributed by atoms with E-state index in [-0.39, 0.29) is 51.2 Å². The van der Waals surface area contributed by atoms with E-state index >= 15 is 0 Å². The van der Waals surface area contributed by atoms with E-state index in [2.05, 4.69) is 22.9 Å². The van der Waals surface area contributed by atoms with Gasteiger partial charge < -0.3 is 15.4 Å². The number of ether oxygens (including phenoxy) is 1. The third-order valence-corrected chi connectivity index (χ3v) is 10.9. The van der Waals surface area contributed by atoms with Crippen molar-refractivity contribution in [3.63, 3.8) is 0 Å². The zero-order chi connectivity index (χ0) is 26.1. The van der Waals surface area contributed by atoms with Crippen molar-refractivity contribution >= 4 is 35.2 Å². The van der Waals surface area contributed by atoms with Crippen molar-refractivity contribution in [2.45, 2.75) is 106 Å². The molecule has 6 nitrogen and oxygen atoms in total. The summed E-state index contributed by atoms with van der Waals surface area (Å²) < 4.78 is 19.0. The van der Waals surface area contributed by atoms with Crippen LogP contribution in [0.15, 0.2) is 18.2 Å². The Morgan fingerprint density at radius 3 is 2.38 bits per heavy atom. The second-order valence-electron chi connectivity index (χ2n) is 11.6. The zero-order valence-electron chi connectivity index (χ0n) is 21.7. The van der Waals surface area contributed by atoms with E-state index in [4.69, 9.17) is 16.3 Å². The number of nitrogens with one attached hydrogen (secondary N) is 3. The highest BCUT2D eigenvalue weighted by Crippen LogP contribution is 2.60. The maximum atomic E-state index is 13.6. The number of carbonyl (C=O) groups excluding carboxylic acids is 2. The molecule has 1 heterocycles. The van der Waals surface area contributed by atoms with Crippen LogP contribution in [0.3, 0.4) is 0 Å². The van der Waals surface area contributed by atoms with Crippen LogP contribution in [-0.2, 0) is 9.59 Å². The number of halogens is 2. The van der Waals surface area contributed by atoms with Gasteiger partial charge in [0, 0.05) is 22.9 Å². The second kappa shape index (κ2) is 10.9. The molecule has 1 saturated heterocycles. The first kappa shape index (κ1) is 27.1. The minimum atomic E-state index is -0.580. The summed E-state index contributed by atoms with van der Waals surface area (Å²) in [5.74, 6) is 0.974. The molecule has 0 spiro atoms. The molecule has 2 atom stereocenters. The van der Waals surface area contributed by atoms with Crippen LogP contribution in [0.1, 0.15) is 84.0 Å². The van der Waals surface area contributed by atoms with E-state index < -0.39 is 5.82 Å². The molecule has 2 amide bonds. The van der Waals surface area contributed by atoms with Gasteiger partial charge in [-0.2, -0.15) is 0 Å². The quantitative estimate of drug-likeness (QED) is 0.407. The zero-order valence-corrected chi connectivity index (χ0v) is 23.2. The Hall–Kier alpha value is -1.51. The van der Waals surface area contributed by atoms with E-state index in [9.17, 15) is 14.0 Å². The molecule has 4 aliphatic carbocycles. The van der Waals surface area contributed by atoms with Gasteiger partial charge >= 0.3 is 0 Å². The Labute approximate surface area is 228 Å². The maximum Gasteiger partial charge on any atom is 0.258 e. The first-order valence-electron chi connectivity index (χ1n) is 13.9. The number of amides is 2. The molecule has 2 unspecified atom stereocenters. The van der Waals surface area contributed by atoms with Crippen LogP contribution < -0.4 is 20.7 Å². The predicted molar refractivity (Wildman–Crippen MR) is 145 cm³/mol. The number of rotatable bonds is 8. The first-order valence-corrected chi connectivity index (χ1v) is 15.2. The van der Waals surface area contributed by atoms with Gasteiger partial charge in [0.15, 0.2) is 6.61 Å². The van der Waals surface area contributed by atoms with Gasteiger partial charge in [-0.05, 0) is 56.6 Å². The van der Waals surface area contributed by atoms with Crippen LogP contribution in [0.25, 0.3) is 0 Å². The molecule has 1 aliphatic heterocycles. The van der Waals surface area contributed by atoms with Crippen molar-refractivity contribution in [2.75, 3.05) is 12.4 Å². The first-order chi connectivity index (χ1) is 17.8. The predicted octanol–water partition coefficient (Wildman–Crippen LogP) is 5.33. The highest BCUT2D eigenvalue weighted by molar-refractivity contribution is 8.01. The van der Waals surface area contributed by atoms with Crippen molar-refractivity contribution in [2.24, 2.45) is 5.92 Å². The number of carbonyl (C=O) groups is 2. The van der Waals surface area contributed by atoms with Gasteiger partial charge in [-0.25, -0.2) is 4.39 Å². The molecule has 5 fully saturated rings. The van der Waals surface area contributed by atoms with Gasteiger partial charge in [-0.1, -0.05) is 57.0 Å². The molecule has 37 heavy (non-hydrogen) atoms. The summed E-state index contributed by atoms with van der Waals surface area (Å²) in [7, 11) is 0. The van der Waals surface area contributed by atoms with Gasteiger partial charge in [-0.15, -0.1) is 11.8 Å². The van der Waals surface area contributed by atoms with E-state index in [0.717, 1.165) is 31.4 Å². The highest BCUT2D eigenvalue weighted by Gasteiger charge is 2.69. The molecule has 1 aromatic carbocycles. The molecular formula is C28H39ClFN3O3S. The normalized spacial score (nSPS) is 33.8. The lowest BCUT2D eigenvalue weighted by molar-refractivity contribution is -0.151. The number of benzene rings is 1. The topological polar surface area (TPSA) is 79.5 Å². The standard InChI is InChI=1S/C28H39ClFN3O3S/c1-2-28(19-9-7-5-3-4-6-8-10-19)31-23(15-37-28)25(35)33-27-16-26(17-27,18-27)32-24(34)14-36-20-11-12-21(29)22(30)13-20/h11-13,19,23,31H,2-10,14-18H2,1H3,(H,32,34)(H,33,35). The lowest BCUT2D eigenvalue weighted by atomic mass is 9.44. The summed E-state index contributed by atoms with van der Waals surface area (Å²) in [6.07, 6.45) is 13.8. The Bertz CT molecular complexity index is 997. The average molecular weight is 552 g/mol. The van der Waals surface area contributed by atoms with Gasteiger partial charge in [-0.3, -0.25) is 14.9 Å². The molecule has 0 radical (unpaired) electrons.